The summed E-state index contributed by atoms with van der Waals surface area (Å²) in [5.41, 5.74) is 3.01. The molecule has 1 heterocycles. The van der Waals surface area contributed by atoms with Crippen LogP contribution in [0.1, 0.15) is 24.3 Å². The Morgan fingerprint density at radius 1 is 1.43 bits per heavy atom. The quantitative estimate of drug-likeness (QED) is 0.746. The van der Waals surface area contributed by atoms with E-state index in [0.29, 0.717) is 0 Å². The van der Waals surface area contributed by atoms with Gasteiger partial charge in [0.15, 0.2) is 0 Å². The number of aliphatic hydroxyl groups excluding tert-OH is 1. The highest BCUT2D eigenvalue weighted by atomic mass is 16.3. The number of aliphatic hydroxyl groups is 1. The normalized spacial score (nSPS) is 13.4. The summed E-state index contributed by atoms with van der Waals surface area (Å²) < 4.78 is 1.74. The summed E-state index contributed by atoms with van der Waals surface area (Å²) in [6.07, 6.45) is -0.479. The van der Waals surface area contributed by atoms with E-state index >= 15 is 0 Å². The van der Waals surface area contributed by atoms with Crippen molar-refractivity contribution >= 4 is 10.9 Å². The third-order valence-corrected chi connectivity index (χ3v) is 2.43. The van der Waals surface area contributed by atoms with Gasteiger partial charge >= 0.3 is 0 Å². The molecule has 0 aliphatic carbocycles. The van der Waals surface area contributed by atoms with E-state index in [1.54, 1.807) is 11.6 Å². The number of hydrogen-bond acceptors (Lipinski definition) is 2. The Morgan fingerprint density at radius 3 is 2.79 bits per heavy atom. The van der Waals surface area contributed by atoms with Gasteiger partial charge in [0.05, 0.1) is 17.3 Å². The molecule has 1 aromatic heterocycles. The zero-order valence-electron chi connectivity index (χ0n) is 8.65. The standard InChI is InChI=1S/C11H14N2O/c1-7-4-5-9-10(6-7)12-13(3)11(9)8(2)14/h4-6,8,14H,1-3H3. The molecule has 3 nitrogen and oxygen atoms in total. The molecule has 0 aliphatic rings. The van der Waals surface area contributed by atoms with Crippen LogP contribution in [0.2, 0.25) is 0 Å². The van der Waals surface area contributed by atoms with Gasteiger partial charge in [-0.05, 0) is 25.5 Å². The maximum absolute atomic E-state index is 9.60. The van der Waals surface area contributed by atoms with Crippen molar-refractivity contribution in [3.05, 3.63) is 29.5 Å². The lowest BCUT2D eigenvalue weighted by Gasteiger charge is -2.04. The molecular weight excluding hydrogens is 176 g/mol. The molecule has 0 aliphatic heterocycles. The largest absolute Gasteiger partial charge is 0.387 e. The average molecular weight is 190 g/mol. The molecule has 14 heavy (non-hydrogen) atoms. The molecule has 1 atom stereocenters. The fraction of sp³-hybridized carbons (Fsp3) is 0.364. The van der Waals surface area contributed by atoms with Gasteiger partial charge in [-0.3, -0.25) is 4.68 Å². The Kier molecular flexibility index (Phi) is 2.04. The topological polar surface area (TPSA) is 38.0 Å². The minimum absolute atomic E-state index is 0.479. The second kappa shape index (κ2) is 3.10. The minimum atomic E-state index is -0.479. The average Bonchev–Trinajstić information content (AvgIpc) is 2.39. The highest BCUT2D eigenvalue weighted by Crippen LogP contribution is 2.23. The Labute approximate surface area is 83.0 Å². The monoisotopic (exact) mass is 190 g/mol. The first-order valence-corrected chi connectivity index (χ1v) is 4.71. The molecule has 0 fully saturated rings. The second-order valence-electron chi connectivity index (χ2n) is 3.71. The molecule has 0 spiro atoms. The smallest absolute Gasteiger partial charge is 0.0934 e. The lowest BCUT2D eigenvalue weighted by Crippen LogP contribution is -2.01. The lowest BCUT2D eigenvalue weighted by molar-refractivity contribution is 0.190. The number of fused-ring (bicyclic) bond motifs is 1. The molecule has 3 heteroatoms. The van der Waals surface area contributed by atoms with Crippen LogP contribution in [-0.4, -0.2) is 14.9 Å². The molecule has 2 aromatic rings. The molecule has 74 valence electrons. The van der Waals surface area contributed by atoms with E-state index in [1.165, 1.54) is 5.56 Å². The van der Waals surface area contributed by atoms with Crippen molar-refractivity contribution in [2.45, 2.75) is 20.0 Å². The molecule has 0 amide bonds. The summed E-state index contributed by atoms with van der Waals surface area (Å²) in [7, 11) is 1.86. The number of nitrogens with zero attached hydrogens (tertiary/aromatic N) is 2. The summed E-state index contributed by atoms with van der Waals surface area (Å²) in [6.45, 7) is 3.80. The van der Waals surface area contributed by atoms with Crippen molar-refractivity contribution in [3.8, 4) is 0 Å². The molecule has 1 unspecified atom stereocenters. The first kappa shape index (κ1) is 9.21. The summed E-state index contributed by atoms with van der Waals surface area (Å²) in [6, 6.07) is 6.08. The fourth-order valence-electron chi connectivity index (χ4n) is 1.83. The van der Waals surface area contributed by atoms with E-state index in [9.17, 15) is 5.11 Å². The van der Waals surface area contributed by atoms with E-state index in [1.807, 2.05) is 32.2 Å². The number of rotatable bonds is 1. The van der Waals surface area contributed by atoms with E-state index in [0.717, 1.165) is 16.6 Å². The summed E-state index contributed by atoms with van der Waals surface area (Å²) in [4.78, 5) is 0. The van der Waals surface area contributed by atoms with Crippen LogP contribution in [0.15, 0.2) is 18.2 Å². The van der Waals surface area contributed by atoms with Gasteiger partial charge in [0.1, 0.15) is 0 Å². The van der Waals surface area contributed by atoms with E-state index in [2.05, 4.69) is 5.10 Å². The van der Waals surface area contributed by atoms with E-state index in [4.69, 9.17) is 0 Å². The maximum atomic E-state index is 9.60. The molecule has 2 rings (SSSR count). The number of aromatic nitrogens is 2. The SMILES string of the molecule is Cc1ccc2c(C(C)O)n(C)nc2c1. The molecule has 1 N–H and O–H groups in total. The molecule has 0 saturated carbocycles. The highest BCUT2D eigenvalue weighted by Gasteiger charge is 2.12. The van der Waals surface area contributed by atoms with E-state index < -0.39 is 6.10 Å². The third kappa shape index (κ3) is 1.30. The first-order chi connectivity index (χ1) is 6.59. The van der Waals surface area contributed by atoms with Gasteiger partial charge in [-0.25, -0.2) is 0 Å². The Balaban J connectivity index is 2.77. The third-order valence-electron chi connectivity index (χ3n) is 2.43. The van der Waals surface area contributed by atoms with Gasteiger partial charge in [-0.2, -0.15) is 5.10 Å². The summed E-state index contributed by atoms with van der Waals surface area (Å²) >= 11 is 0. The zero-order chi connectivity index (χ0) is 10.3. The number of aryl methyl sites for hydroxylation is 2. The minimum Gasteiger partial charge on any atom is -0.387 e. The van der Waals surface area contributed by atoms with Gasteiger partial charge in [0.25, 0.3) is 0 Å². The van der Waals surface area contributed by atoms with Crippen molar-refractivity contribution in [1.29, 1.82) is 0 Å². The van der Waals surface area contributed by atoms with Crippen LogP contribution in [0.3, 0.4) is 0 Å². The van der Waals surface area contributed by atoms with Crippen LogP contribution in [0, 0.1) is 6.92 Å². The molecular formula is C11H14N2O. The second-order valence-corrected chi connectivity index (χ2v) is 3.71. The molecule has 0 saturated heterocycles. The summed E-state index contributed by atoms with van der Waals surface area (Å²) in [5, 5.41) is 15.0. The van der Waals surface area contributed by atoms with Crippen LogP contribution in [-0.2, 0) is 7.05 Å². The van der Waals surface area contributed by atoms with Crippen LogP contribution in [0.25, 0.3) is 10.9 Å². The van der Waals surface area contributed by atoms with E-state index in [-0.39, 0.29) is 0 Å². The van der Waals surface area contributed by atoms with Gasteiger partial charge in [-0.15, -0.1) is 0 Å². The van der Waals surface area contributed by atoms with Gasteiger partial charge < -0.3 is 5.11 Å². The van der Waals surface area contributed by atoms with Crippen LogP contribution in [0.4, 0.5) is 0 Å². The van der Waals surface area contributed by atoms with Gasteiger partial charge in [-0.1, -0.05) is 12.1 Å². The van der Waals surface area contributed by atoms with Crippen LogP contribution >= 0.6 is 0 Å². The first-order valence-electron chi connectivity index (χ1n) is 4.71. The molecule has 1 aromatic carbocycles. The lowest BCUT2D eigenvalue weighted by atomic mass is 10.1. The fourth-order valence-corrected chi connectivity index (χ4v) is 1.83. The van der Waals surface area contributed by atoms with Crippen LogP contribution < -0.4 is 0 Å². The van der Waals surface area contributed by atoms with Gasteiger partial charge in [0, 0.05) is 12.4 Å². The Morgan fingerprint density at radius 2 is 2.14 bits per heavy atom. The molecule has 0 radical (unpaired) electrons. The Bertz CT molecular complexity index is 471. The number of benzene rings is 1. The van der Waals surface area contributed by atoms with Crippen molar-refractivity contribution in [2.75, 3.05) is 0 Å². The van der Waals surface area contributed by atoms with Crippen molar-refractivity contribution in [1.82, 2.24) is 9.78 Å². The zero-order valence-corrected chi connectivity index (χ0v) is 8.65. The summed E-state index contributed by atoms with van der Waals surface area (Å²) in [5.74, 6) is 0. The molecule has 0 bridgehead atoms. The van der Waals surface area contributed by atoms with Crippen molar-refractivity contribution in [3.63, 3.8) is 0 Å². The number of hydrogen-bond donors (Lipinski definition) is 1. The Hall–Kier alpha value is -1.35. The van der Waals surface area contributed by atoms with Crippen molar-refractivity contribution in [2.24, 2.45) is 7.05 Å². The van der Waals surface area contributed by atoms with Crippen molar-refractivity contribution < 1.29 is 5.11 Å². The van der Waals surface area contributed by atoms with Crippen LogP contribution in [0.5, 0.6) is 0 Å². The predicted octanol–water partition coefficient (Wildman–Crippen LogP) is 1.94. The maximum Gasteiger partial charge on any atom is 0.0934 e. The predicted molar refractivity (Wildman–Crippen MR) is 56.1 cm³/mol. The highest BCUT2D eigenvalue weighted by molar-refractivity contribution is 5.82. The van der Waals surface area contributed by atoms with Gasteiger partial charge in [0.2, 0.25) is 0 Å².